The lowest BCUT2D eigenvalue weighted by Crippen LogP contribution is -2.32. The van der Waals surface area contributed by atoms with E-state index in [1.54, 1.807) is 0 Å². The Morgan fingerprint density at radius 1 is 1.50 bits per heavy atom. The van der Waals surface area contributed by atoms with Gasteiger partial charge in [-0.2, -0.15) is 0 Å². The molecule has 6 heteroatoms. The molecule has 1 aliphatic carbocycles. The fraction of sp³-hybridized carbons (Fsp3) is 0.667. The predicted molar refractivity (Wildman–Crippen MR) is 75.1 cm³/mol. The van der Waals surface area contributed by atoms with E-state index in [-0.39, 0.29) is 11.9 Å². The lowest BCUT2D eigenvalue weighted by Gasteiger charge is -2.11. The van der Waals surface area contributed by atoms with E-state index in [2.05, 4.69) is 17.2 Å². The average Bonchev–Trinajstić information content (AvgIpc) is 2.85. The van der Waals surface area contributed by atoms with Crippen LogP contribution in [0, 0.1) is 5.92 Å². The van der Waals surface area contributed by atoms with Crippen LogP contribution in [0.2, 0.25) is 0 Å². The third kappa shape index (κ3) is 2.75. The van der Waals surface area contributed by atoms with Gasteiger partial charge in [-0.15, -0.1) is 0 Å². The van der Waals surface area contributed by atoms with Gasteiger partial charge in [-0.25, -0.2) is 4.98 Å². The molecule has 2 unspecified atom stereocenters. The van der Waals surface area contributed by atoms with Gasteiger partial charge < -0.3 is 16.0 Å². The van der Waals surface area contributed by atoms with E-state index < -0.39 is 0 Å². The summed E-state index contributed by atoms with van der Waals surface area (Å²) >= 11 is 1.34. The second-order valence-corrected chi connectivity index (χ2v) is 6.17. The van der Waals surface area contributed by atoms with Crippen LogP contribution >= 0.6 is 11.3 Å². The molecular weight excluding hydrogens is 248 g/mol. The Hall–Kier alpha value is -1.30. The van der Waals surface area contributed by atoms with Crippen molar-refractivity contribution in [2.45, 2.75) is 32.2 Å². The zero-order chi connectivity index (χ0) is 13.3. The van der Waals surface area contributed by atoms with Crippen molar-refractivity contribution in [3.63, 3.8) is 0 Å². The van der Waals surface area contributed by atoms with E-state index in [0.717, 1.165) is 18.0 Å². The normalized spacial score (nSPS) is 23.1. The summed E-state index contributed by atoms with van der Waals surface area (Å²) in [6.07, 6.45) is 3.31. The zero-order valence-corrected chi connectivity index (χ0v) is 11.9. The van der Waals surface area contributed by atoms with Gasteiger partial charge in [0.2, 0.25) is 0 Å². The number of nitrogens with one attached hydrogen (secondary N) is 1. The first-order valence-corrected chi connectivity index (χ1v) is 7.03. The van der Waals surface area contributed by atoms with Crippen LogP contribution in [0.15, 0.2) is 0 Å². The number of hydrogen-bond acceptors (Lipinski definition) is 5. The number of thiazole rings is 1. The van der Waals surface area contributed by atoms with Gasteiger partial charge in [0.25, 0.3) is 5.91 Å². The molecule has 2 rings (SSSR count). The SMILES string of the molecule is CC1CCC(NC(=O)c2sc(N(C)C)nc2N)C1. The number of nitrogens with two attached hydrogens (primary N) is 1. The molecule has 1 heterocycles. The van der Waals surface area contributed by atoms with Crippen LogP contribution in [0.1, 0.15) is 35.9 Å². The standard InChI is InChI=1S/C12H20N4OS/c1-7-4-5-8(6-7)14-11(17)9-10(13)15-12(18-9)16(2)3/h7-8H,4-6,13H2,1-3H3,(H,14,17). The zero-order valence-electron chi connectivity index (χ0n) is 11.1. The van der Waals surface area contributed by atoms with Crippen LogP contribution in [-0.2, 0) is 0 Å². The van der Waals surface area contributed by atoms with Crippen molar-refractivity contribution >= 4 is 28.2 Å². The number of nitrogens with zero attached hydrogens (tertiary/aromatic N) is 2. The first-order chi connectivity index (χ1) is 8.47. The summed E-state index contributed by atoms with van der Waals surface area (Å²) in [6.45, 7) is 2.22. The number of aromatic nitrogens is 1. The molecule has 0 spiro atoms. The highest BCUT2D eigenvalue weighted by Gasteiger charge is 2.25. The second-order valence-electron chi connectivity index (χ2n) is 5.19. The Morgan fingerprint density at radius 2 is 2.22 bits per heavy atom. The summed E-state index contributed by atoms with van der Waals surface area (Å²) in [5, 5.41) is 3.81. The summed E-state index contributed by atoms with van der Waals surface area (Å²) in [7, 11) is 3.78. The Balaban J connectivity index is 2.04. The topological polar surface area (TPSA) is 71.2 Å². The molecule has 1 amide bonds. The largest absolute Gasteiger partial charge is 0.382 e. The van der Waals surface area contributed by atoms with Crippen LogP contribution in [0.25, 0.3) is 0 Å². The van der Waals surface area contributed by atoms with Crippen LogP contribution in [0.3, 0.4) is 0 Å². The molecule has 18 heavy (non-hydrogen) atoms. The van der Waals surface area contributed by atoms with Crippen molar-refractivity contribution in [3.05, 3.63) is 4.88 Å². The molecule has 0 aromatic carbocycles. The number of anilines is 2. The van der Waals surface area contributed by atoms with E-state index in [1.807, 2.05) is 19.0 Å². The molecular formula is C12H20N4OS. The number of rotatable bonds is 3. The first kappa shape index (κ1) is 13.1. The van der Waals surface area contributed by atoms with Crippen molar-refractivity contribution in [3.8, 4) is 0 Å². The minimum absolute atomic E-state index is 0.0859. The van der Waals surface area contributed by atoms with Crippen molar-refractivity contribution in [1.29, 1.82) is 0 Å². The fourth-order valence-corrected chi connectivity index (χ4v) is 3.07. The maximum Gasteiger partial charge on any atom is 0.265 e. The van der Waals surface area contributed by atoms with Crippen LogP contribution in [0.4, 0.5) is 10.9 Å². The summed E-state index contributed by atoms with van der Waals surface area (Å²) < 4.78 is 0. The highest BCUT2D eigenvalue weighted by Crippen LogP contribution is 2.28. The number of amides is 1. The van der Waals surface area contributed by atoms with Gasteiger partial charge in [-0.05, 0) is 25.2 Å². The van der Waals surface area contributed by atoms with Crippen molar-refractivity contribution in [2.24, 2.45) is 5.92 Å². The molecule has 0 radical (unpaired) electrons. The van der Waals surface area contributed by atoms with Crippen LogP contribution in [-0.4, -0.2) is 31.0 Å². The summed E-state index contributed by atoms with van der Waals surface area (Å²) in [5.74, 6) is 0.941. The second kappa shape index (κ2) is 5.14. The number of carbonyl (C=O) groups is 1. The molecule has 3 N–H and O–H groups in total. The fourth-order valence-electron chi connectivity index (χ4n) is 2.26. The quantitative estimate of drug-likeness (QED) is 0.875. The molecule has 0 bridgehead atoms. The average molecular weight is 268 g/mol. The molecule has 1 fully saturated rings. The molecule has 1 aromatic rings. The van der Waals surface area contributed by atoms with Gasteiger partial charge in [0.15, 0.2) is 5.13 Å². The van der Waals surface area contributed by atoms with Gasteiger partial charge in [-0.3, -0.25) is 4.79 Å². The maximum atomic E-state index is 12.1. The smallest absolute Gasteiger partial charge is 0.265 e. The number of hydrogen-bond donors (Lipinski definition) is 2. The molecule has 100 valence electrons. The predicted octanol–water partition coefficient (Wildman–Crippen LogP) is 1.71. The minimum atomic E-state index is -0.0859. The molecule has 0 aliphatic heterocycles. The maximum absolute atomic E-state index is 12.1. The number of carbonyl (C=O) groups excluding carboxylic acids is 1. The van der Waals surface area contributed by atoms with Gasteiger partial charge in [-0.1, -0.05) is 18.3 Å². The molecule has 0 saturated heterocycles. The summed E-state index contributed by atoms with van der Waals surface area (Å²) in [6, 6.07) is 0.289. The third-order valence-corrected chi connectivity index (χ3v) is 4.50. The Kier molecular flexibility index (Phi) is 3.75. The van der Waals surface area contributed by atoms with E-state index in [1.165, 1.54) is 17.8 Å². The van der Waals surface area contributed by atoms with Crippen LogP contribution < -0.4 is 16.0 Å². The molecule has 1 aromatic heterocycles. The highest BCUT2D eigenvalue weighted by atomic mass is 32.1. The monoisotopic (exact) mass is 268 g/mol. The van der Waals surface area contributed by atoms with E-state index in [9.17, 15) is 4.79 Å². The van der Waals surface area contributed by atoms with Crippen LogP contribution in [0.5, 0.6) is 0 Å². The van der Waals surface area contributed by atoms with E-state index >= 15 is 0 Å². The Morgan fingerprint density at radius 3 is 2.72 bits per heavy atom. The summed E-state index contributed by atoms with van der Waals surface area (Å²) in [5.41, 5.74) is 5.79. The molecule has 5 nitrogen and oxygen atoms in total. The summed E-state index contributed by atoms with van der Waals surface area (Å²) in [4.78, 5) is 18.7. The van der Waals surface area contributed by atoms with Gasteiger partial charge in [0.05, 0.1) is 0 Å². The van der Waals surface area contributed by atoms with Crippen molar-refractivity contribution < 1.29 is 4.79 Å². The van der Waals surface area contributed by atoms with E-state index in [4.69, 9.17) is 5.73 Å². The first-order valence-electron chi connectivity index (χ1n) is 6.22. The lowest BCUT2D eigenvalue weighted by molar-refractivity contribution is 0.0942. The lowest BCUT2D eigenvalue weighted by atomic mass is 10.1. The molecule has 1 aliphatic rings. The Bertz CT molecular complexity index is 443. The van der Waals surface area contributed by atoms with Gasteiger partial charge in [0, 0.05) is 20.1 Å². The number of nitrogen functional groups attached to an aromatic ring is 1. The van der Waals surface area contributed by atoms with Crippen molar-refractivity contribution in [2.75, 3.05) is 24.7 Å². The Labute approximate surface area is 111 Å². The minimum Gasteiger partial charge on any atom is -0.382 e. The third-order valence-electron chi connectivity index (χ3n) is 3.26. The van der Waals surface area contributed by atoms with Crippen molar-refractivity contribution in [1.82, 2.24) is 10.3 Å². The van der Waals surface area contributed by atoms with Gasteiger partial charge in [0.1, 0.15) is 10.7 Å². The molecule has 2 atom stereocenters. The highest BCUT2D eigenvalue weighted by molar-refractivity contribution is 7.18. The van der Waals surface area contributed by atoms with E-state index in [0.29, 0.717) is 16.6 Å². The van der Waals surface area contributed by atoms with Gasteiger partial charge >= 0.3 is 0 Å². The molecule has 1 saturated carbocycles.